The minimum Gasteiger partial charge on any atom is -0.439 e. The van der Waals surface area contributed by atoms with Crippen molar-refractivity contribution in [3.05, 3.63) is 57.8 Å². The molecule has 0 amide bonds. The van der Waals surface area contributed by atoms with Crippen LogP contribution in [0.3, 0.4) is 0 Å². The number of hydrogen-bond acceptors (Lipinski definition) is 4. The summed E-state index contributed by atoms with van der Waals surface area (Å²) in [6.45, 7) is 0. The number of ether oxygens (including phenoxy) is 1. The quantitative estimate of drug-likeness (QED) is 0.630. The fraction of sp³-hybridized carbons (Fsp3) is 0.267. The Bertz CT molecular complexity index is 638. The molecule has 2 aromatic rings. The van der Waals surface area contributed by atoms with Gasteiger partial charge in [-0.05, 0) is 42.9 Å². The number of benzene rings is 1. The van der Waals surface area contributed by atoms with Gasteiger partial charge in [-0.1, -0.05) is 12.1 Å². The van der Waals surface area contributed by atoms with Crippen LogP contribution < -0.4 is 4.74 Å². The summed E-state index contributed by atoms with van der Waals surface area (Å²) < 4.78 is 5.78. The first-order valence-corrected chi connectivity index (χ1v) is 6.63. The van der Waals surface area contributed by atoms with Crippen molar-refractivity contribution < 1.29 is 9.66 Å². The second-order valence-corrected chi connectivity index (χ2v) is 4.81. The van der Waals surface area contributed by atoms with E-state index in [-0.39, 0.29) is 5.69 Å². The largest absolute Gasteiger partial charge is 0.439 e. The highest BCUT2D eigenvalue weighted by Crippen LogP contribution is 2.32. The lowest BCUT2D eigenvalue weighted by molar-refractivity contribution is -0.385. The Balaban J connectivity index is 1.86. The highest BCUT2D eigenvalue weighted by molar-refractivity contribution is 5.43. The summed E-state index contributed by atoms with van der Waals surface area (Å²) in [6.07, 6.45) is 5.69. The summed E-state index contributed by atoms with van der Waals surface area (Å²) in [5.41, 5.74) is 2.53. The molecular formula is C15H14N2O3. The van der Waals surface area contributed by atoms with Crippen LogP contribution in [0.25, 0.3) is 0 Å². The van der Waals surface area contributed by atoms with Crippen LogP contribution >= 0.6 is 0 Å². The summed E-state index contributed by atoms with van der Waals surface area (Å²) in [6, 6.07) is 8.96. The molecule has 0 saturated heterocycles. The van der Waals surface area contributed by atoms with Crippen molar-refractivity contribution in [2.24, 2.45) is 0 Å². The maximum atomic E-state index is 10.6. The molecule has 0 spiro atoms. The Morgan fingerprint density at radius 3 is 2.75 bits per heavy atom. The molecule has 3 rings (SSSR count). The molecule has 0 N–H and O–H groups in total. The first kappa shape index (κ1) is 12.6. The van der Waals surface area contributed by atoms with E-state index in [9.17, 15) is 10.1 Å². The van der Waals surface area contributed by atoms with Crippen LogP contribution in [0.5, 0.6) is 11.6 Å². The molecule has 5 heteroatoms. The van der Waals surface area contributed by atoms with Gasteiger partial charge in [-0.2, -0.15) is 0 Å². The molecule has 1 aliphatic carbocycles. The lowest BCUT2D eigenvalue weighted by Crippen LogP contribution is -2.04. The smallest absolute Gasteiger partial charge is 0.287 e. The van der Waals surface area contributed by atoms with Gasteiger partial charge in [0, 0.05) is 12.1 Å². The van der Waals surface area contributed by atoms with Crippen LogP contribution in [0.1, 0.15) is 24.0 Å². The lowest BCUT2D eigenvalue weighted by atomic mass is 9.91. The van der Waals surface area contributed by atoms with Gasteiger partial charge in [0.05, 0.1) is 4.92 Å². The van der Waals surface area contributed by atoms with Gasteiger partial charge in [0.1, 0.15) is 11.9 Å². The van der Waals surface area contributed by atoms with Gasteiger partial charge in [-0.25, -0.2) is 4.98 Å². The molecule has 1 aromatic heterocycles. The van der Waals surface area contributed by atoms with Gasteiger partial charge in [-0.3, -0.25) is 10.1 Å². The van der Waals surface area contributed by atoms with Gasteiger partial charge in [0.2, 0.25) is 5.88 Å². The van der Waals surface area contributed by atoms with Crippen LogP contribution in [0.2, 0.25) is 0 Å². The lowest BCUT2D eigenvalue weighted by Gasteiger charge is -2.18. The normalized spacial score (nSPS) is 13.6. The summed E-state index contributed by atoms with van der Waals surface area (Å²) in [5, 5.41) is 10.6. The van der Waals surface area contributed by atoms with E-state index in [1.54, 1.807) is 0 Å². The molecule has 0 unspecified atom stereocenters. The van der Waals surface area contributed by atoms with E-state index in [0.29, 0.717) is 5.88 Å². The van der Waals surface area contributed by atoms with Crippen molar-refractivity contribution >= 4 is 5.69 Å². The zero-order valence-corrected chi connectivity index (χ0v) is 10.9. The number of pyridine rings is 1. The molecule has 0 bridgehead atoms. The zero-order chi connectivity index (χ0) is 13.9. The number of aromatic nitrogens is 1. The molecule has 5 nitrogen and oxygen atoms in total. The van der Waals surface area contributed by atoms with Gasteiger partial charge in [0.15, 0.2) is 0 Å². The second kappa shape index (κ2) is 5.28. The minimum atomic E-state index is -0.471. The Kier molecular flexibility index (Phi) is 3.33. The van der Waals surface area contributed by atoms with E-state index >= 15 is 0 Å². The van der Waals surface area contributed by atoms with Crippen LogP contribution in [-0.4, -0.2) is 9.91 Å². The van der Waals surface area contributed by atoms with E-state index in [4.69, 9.17) is 4.74 Å². The fourth-order valence-corrected chi connectivity index (χ4v) is 2.50. The molecule has 20 heavy (non-hydrogen) atoms. The zero-order valence-electron chi connectivity index (χ0n) is 10.9. The highest BCUT2D eigenvalue weighted by atomic mass is 16.6. The van der Waals surface area contributed by atoms with Gasteiger partial charge < -0.3 is 4.74 Å². The van der Waals surface area contributed by atoms with E-state index < -0.39 is 4.92 Å². The van der Waals surface area contributed by atoms with Crippen molar-refractivity contribution in [1.29, 1.82) is 0 Å². The third-order valence-corrected chi connectivity index (χ3v) is 3.50. The number of hydrogen-bond donors (Lipinski definition) is 0. The molecule has 0 saturated carbocycles. The molecular weight excluding hydrogens is 256 g/mol. The summed E-state index contributed by atoms with van der Waals surface area (Å²) >= 11 is 0. The van der Waals surface area contributed by atoms with Crippen molar-refractivity contribution in [1.82, 2.24) is 4.98 Å². The molecule has 1 aromatic carbocycles. The standard InChI is InChI=1S/C15H14N2O3/c18-17(19)12-8-9-15(16-10-12)20-14-7-3-5-11-4-1-2-6-13(11)14/h3,5,7-10H,1-2,4,6H2. The average Bonchev–Trinajstić information content (AvgIpc) is 2.48. The molecule has 0 radical (unpaired) electrons. The fourth-order valence-electron chi connectivity index (χ4n) is 2.50. The first-order valence-electron chi connectivity index (χ1n) is 6.63. The molecule has 0 fully saturated rings. The van der Waals surface area contributed by atoms with Crippen LogP contribution in [0, 0.1) is 10.1 Å². The van der Waals surface area contributed by atoms with Crippen molar-refractivity contribution in [3.63, 3.8) is 0 Å². The SMILES string of the molecule is O=[N+]([O-])c1ccc(Oc2cccc3c2CCCC3)nc1. The van der Waals surface area contributed by atoms with E-state index in [1.165, 1.54) is 42.3 Å². The summed E-state index contributed by atoms with van der Waals surface area (Å²) in [4.78, 5) is 14.1. The highest BCUT2D eigenvalue weighted by Gasteiger charge is 2.15. The molecule has 1 heterocycles. The maximum Gasteiger partial charge on any atom is 0.287 e. The third kappa shape index (κ3) is 2.47. The predicted octanol–water partition coefficient (Wildman–Crippen LogP) is 3.66. The summed E-state index contributed by atoms with van der Waals surface area (Å²) in [7, 11) is 0. The van der Waals surface area contributed by atoms with Crippen LogP contribution in [-0.2, 0) is 12.8 Å². The van der Waals surface area contributed by atoms with Crippen LogP contribution in [0.15, 0.2) is 36.5 Å². The Morgan fingerprint density at radius 2 is 2.00 bits per heavy atom. The molecule has 102 valence electrons. The van der Waals surface area contributed by atoms with Gasteiger partial charge in [-0.15, -0.1) is 0 Å². The Labute approximate surface area is 116 Å². The third-order valence-electron chi connectivity index (χ3n) is 3.50. The molecule has 0 atom stereocenters. The first-order chi connectivity index (χ1) is 9.74. The minimum absolute atomic E-state index is 0.0348. The summed E-state index contributed by atoms with van der Waals surface area (Å²) in [5.74, 6) is 1.19. The van der Waals surface area contributed by atoms with E-state index in [2.05, 4.69) is 11.1 Å². The van der Waals surface area contributed by atoms with Crippen LogP contribution in [0.4, 0.5) is 5.69 Å². The van der Waals surface area contributed by atoms with Crippen molar-refractivity contribution in [2.75, 3.05) is 0 Å². The number of rotatable bonds is 3. The topological polar surface area (TPSA) is 65.3 Å². The Hall–Kier alpha value is -2.43. The Morgan fingerprint density at radius 1 is 1.15 bits per heavy atom. The molecule has 1 aliphatic rings. The number of nitro groups is 1. The average molecular weight is 270 g/mol. The number of aryl methyl sites for hydroxylation is 1. The van der Waals surface area contributed by atoms with E-state index in [1.807, 2.05) is 12.1 Å². The maximum absolute atomic E-state index is 10.6. The van der Waals surface area contributed by atoms with Gasteiger partial charge >= 0.3 is 0 Å². The van der Waals surface area contributed by atoms with Crippen molar-refractivity contribution in [2.45, 2.75) is 25.7 Å². The molecule has 0 aliphatic heterocycles. The predicted molar refractivity (Wildman–Crippen MR) is 74.0 cm³/mol. The number of fused-ring (bicyclic) bond motifs is 1. The van der Waals surface area contributed by atoms with Gasteiger partial charge in [0.25, 0.3) is 5.69 Å². The number of nitrogens with zero attached hydrogens (tertiary/aromatic N) is 2. The van der Waals surface area contributed by atoms with E-state index in [0.717, 1.165) is 18.6 Å². The van der Waals surface area contributed by atoms with Crippen molar-refractivity contribution in [3.8, 4) is 11.6 Å². The second-order valence-electron chi connectivity index (χ2n) is 4.81. The monoisotopic (exact) mass is 270 g/mol.